The lowest BCUT2D eigenvalue weighted by molar-refractivity contribution is 0.174. The molecule has 4 aromatic rings. The molecule has 2 aromatic carbocycles. The lowest BCUT2D eigenvalue weighted by Gasteiger charge is -2.09. The molecule has 3 heterocycles. The van der Waals surface area contributed by atoms with Gasteiger partial charge in [0.1, 0.15) is 29.0 Å². The summed E-state index contributed by atoms with van der Waals surface area (Å²) in [6, 6.07) is 13.4. The summed E-state index contributed by atoms with van der Waals surface area (Å²) in [5, 5.41) is 8.25. The van der Waals surface area contributed by atoms with Gasteiger partial charge in [-0.05, 0) is 29.8 Å². The van der Waals surface area contributed by atoms with Crippen molar-refractivity contribution in [3.05, 3.63) is 54.4 Å². The number of fused-ring (bicyclic) bond motifs is 2. The SMILES string of the molecule is COc1ccccc1-c1noc2ncnc(NCc3ccc4c(c3)OCO4)c12. The zero-order valence-electron chi connectivity index (χ0n) is 15.0. The van der Waals surface area contributed by atoms with E-state index in [0.29, 0.717) is 34.9 Å². The van der Waals surface area contributed by atoms with Crippen LogP contribution in [0.1, 0.15) is 5.56 Å². The second kappa shape index (κ2) is 6.73. The van der Waals surface area contributed by atoms with Crippen LogP contribution in [0.2, 0.25) is 0 Å². The van der Waals surface area contributed by atoms with E-state index >= 15 is 0 Å². The molecular weight excluding hydrogens is 360 g/mol. The van der Waals surface area contributed by atoms with Crippen molar-refractivity contribution < 1.29 is 18.7 Å². The second-order valence-corrected chi connectivity index (χ2v) is 6.18. The molecular formula is C20H16N4O4. The van der Waals surface area contributed by atoms with Crippen molar-refractivity contribution in [1.29, 1.82) is 0 Å². The number of anilines is 1. The molecule has 140 valence electrons. The minimum Gasteiger partial charge on any atom is -0.496 e. The quantitative estimate of drug-likeness (QED) is 0.564. The van der Waals surface area contributed by atoms with E-state index < -0.39 is 0 Å². The normalized spacial score (nSPS) is 12.3. The van der Waals surface area contributed by atoms with E-state index in [1.54, 1.807) is 7.11 Å². The number of para-hydroxylation sites is 1. The van der Waals surface area contributed by atoms with E-state index in [2.05, 4.69) is 20.4 Å². The summed E-state index contributed by atoms with van der Waals surface area (Å²) in [6.45, 7) is 0.793. The summed E-state index contributed by atoms with van der Waals surface area (Å²) in [5.41, 5.74) is 2.88. The molecule has 28 heavy (non-hydrogen) atoms. The molecule has 0 fully saturated rings. The van der Waals surface area contributed by atoms with Gasteiger partial charge in [-0.15, -0.1) is 0 Å². The summed E-state index contributed by atoms with van der Waals surface area (Å²) in [4.78, 5) is 8.58. The maximum atomic E-state index is 5.46. The minimum absolute atomic E-state index is 0.252. The molecule has 1 aliphatic rings. The van der Waals surface area contributed by atoms with Crippen molar-refractivity contribution in [2.75, 3.05) is 19.2 Å². The number of hydrogen-bond donors (Lipinski definition) is 1. The van der Waals surface area contributed by atoms with Gasteiger partial charge in [0.2, 0.25) is 6.79 Å². The maximum Gasteiger partial charge on any atom is 0.263 e. The highest BCUT2D eigenvalue weighted by Gasteiger charge is 2.19. The Morgan fingerprint density at radius 3 is 2.89 bits per heavy atom. The summed E-state index contributed by atoms with van der Waals surface area (Å²) >= 11 is 0. The highest BCUT2D eigenvalue weighted by atomic mass is 16.7. The molecule has 5 rings (SSSR count). The average Bonchev–Trinajstić information content (AvgIpc) is 3.39. The zero-order chi connectivity index (χ0) is 18.9. The topological polar surface area (TPSA) is 91.5 Å². The summed E-state index contributed by atoms with van der Waals surface area (Å²) in [7, 11) is 1.62. The molecule has 2 aromatic heterocycles. The Kier molecular flexibility index (Phi) is 3.93. The molecule has 0 aliphatic carbocycles. The Balaban J connectivity index is 1.50. The first-order chi connectivity index (χ1) is 13.8. The van der Waals surface area contributed by atoms with Gasteiger partial charge in [0.25, 0.3) is 5.71 Å². The zero-order valence-corrected chi connectivity index (χ0v) is 15.0. The third kappa shape index (κ3) is 2.75. The van der Waals surface area contributed by atoms with Gasteiger partial charge >= 0.3 is 0 Å². The Bertz CT molecular complexity index is 1160. The number of nitrogens with zero attached hydrogens (tertiary/aromatic N) is 3. The van der Waals surface area contributed by atoms with Crippen LogP contribution in [-0.4, -0.2) is 29.0 Å². The van der Waals surface area contributed by atoms with Crippen LogP contribution >= 0.6 is 0 Å². The molecule has 0 radical (unpaired) electrons. The number of methoxy groups -OCH3 is 1. The fraction of sp³-hybridized carbons (Fsp3) is 0.150. The summed E-state index contributed by atoms with van der Waals surface area (Å²) in [6.07, 6.45) is 1.45. The number of ether oxygens (including phenoxy) is 3. The molecule has 0 amide bonds. The Hall–Kier alpha value is -3.81. The molecule has 0 unspecified atom stereocenters. The highest BCUT2D eigenvalue weighted by Crippen LogP contribution is 2.37. The van der Waals surface area contributed by atoms with Gasteiger partial charge in [0.05, 0.1) is 7.11 Å². The third-order valence-corrected chi connectivity index (χ3v) is 4.53. The molecule has 0 atom stereocenters. The van der Waals surface area contributed by atoms with Gasteiger partial charge in [-0.3, -0.25) is 0 Å². The van der Waals surface area contributed by atoms with Crippen LogP contribution in [0.4, 0.5) is 5.82 Å². The Morgan fingerprint density at radius 1 is 1.07 bits per heavy atom. The fourth-order valence-corrected chi connectivity index (χ4v) is 3.18. The van der Waals surface area contributed by atoms with Crippen LogP contribution in [-0.2, 0) is 6.54 Å². The monoisotopic (exact) mass is 376 g/mol. The highest BCUT2D eigenvalue weighted by molar-refractivity contribution is 5.98. The van der Waals surface area contributed by atoms with Crippen LogP contribution < -0.4 is 19.5 Å². The van der Waals surface area contributed by atoms with Crippen LogP contribution in [0.15, 0.2) is 53.3 Å². The van der Waals surface area contributed by atoms with E-state index in [1.807, 2.05) is 42.5 Å². The smallest absolute Gasteiger partial charge is 0.263 e. The van der Waals surface area contributed by atoms with Crippen LogP contribution in [0, 0.1) is 0 Å². The van der Waals surface area contributed by atoms with Crippen molar-refractivity contribution in [3.8, 4) is 28.5 Å². The standard InChI is InChI=1S/C20H16N4O4/c1-25-14-5-3-2-4-13(14)18-17-19(22-10-23-20(17)28-24-18)21-9-12-6-7-15-16(8-12)27-11-26-15/h2-8,10H,9,11H2,1H3,(H,21,22,23). The number of nitrogens with one attached hydrogen (secondary N) is 1. The van der Waals surface area contributed by atoms with Crippen molar-refractivity contribution in [2.45, 2.75) is 6.54 Å². The predicted octanol–water partition coefficient (Wildman–Crippen LogP) is 3.63. The largest absolute Gasteiger partial charge is 0.496 e. The van der Waals surface area contributed by atoms with Crippen molar-refractivity contribution >= 4 is 16.9 Å². The molecule has 1 N–H and O–H groups in total. The number of rotatable bonds is 5. The molecule has 1 aliphatic heterocycles. The number of hydrogen-bond acceptors (Lipinski definition) is 8. The molecule has 0 bridgehead atoms. The van der Waals surface area contributed by atoms with E-state index in [-0.39, 0.29) is 6.79 Å². The first kappa shape index (κ1) is 16.4. The van der Waals surface area contributed by atoms with Gasteiger partial charge in [-0.1, -0.05) is 23.4 Å². The van der Waals surface area contributed by atoms with Crippen LogP contribution in [0.5, 0.6) is 17.2 Å². The van der Waals surface area contributed by atoms with E-state index in [0.717, 1.165) is 22.6 Å². The van der Waals surface area contributed by atoms with Gasteiger partial charge in [-0.2, -0.15) is 4.98 Å². The molecule has 0 saturated carbocycles. The number of benzene rings is 2. The van der Waals surface area contributed by atoms with Crippen molar-refractivity contribution in [3.63, 3.8) is 0 Å². The third-order valence-electron chi connectivity index (χ3n) is 4.53. The number of aromatic nitrogens is 3. The van der Waals surface area contributed by atoms with Gasteiger partial charge in [0, 0.05) is 12.1 Å². The fourth-order valence-electron chi connectivity index (χ4n) is 3.18. The van der Waals surface area contributed by atoms with Gasteiger partial charge < -0.3 is 24.1 Å². The minimum atomic E-state index is 0.252. The van der Waals surface area contributed by atoms with Gasteiger partial charge in [-0.25, -0.2) is 4.98 Å². The van der Waals surface area contributed by atoms with Crippen LogP contribution in [0.3, 0.4) is 0 Å². The lowest BCUT2D eigenvalue weighted by Crippen LogP contribution is -2.02. The second-order valence-electron chi connectivity index (χ2n) is 6.18. The maximum absolute atomic E-state index is 5.46. The lowest BCUT2D eigenvalue weighted by atomic mass is 10.1. The van der Waals surface area contributed by atoms with Crippen LogP contribution in [0.25, 0.3) is 22.4 Å². The van der Waals surface area contributed by atoms with E-state index in [1.165, 1.54) is 6.33 Å². The Labute approximate surface area is 160 Å². The molecule has 0 saturated heterocycles. The average molecular weight is 376 g/mol. The summed E-state index contributed by atoms with van der Waals surface area (Å²) in [5.74, 6) is 2.82. The van der Waals surface area contributed by atoms with E-state index in [4.69, 9.17) is 18.7 Å². The molecule has 8 heteroatoms. The van der Waals surface area contributed by atoms with Crippen molar-refractivity contribution in [1.82, 2.24) is 15.1 Å². The van der Waals surface area contributed by atoms with Gasteiger partial charge in [0.15, 0.2) is 11.5 Å². The first-order valence-electron chi connectivity index (χ1n) is 8.69. The Morgan fingerprint density at radius 2 is 1.96 bits per heavy atom. The first-order valence-corrected chi connectivity index (χ1v) is 8.69. The van der Waals surface area contributed by atoms with E-state index in [9.17, 15) is 0 Å². The summed E-state index contributed by atoms with van der Waals surface area (Å²) < 4.78 is 21.7. The molecule has 8 nitrogen and oxygen atoms in total. The predicted molar refractivity (Wildman–Crippen MR) is 101 cm³/mol. The molecule has 0 spiro atoms. The van der Waals surface area contributed by atoms with Crippen molar-refractivity contribution in [2.24, 2.45) is 0 Å².